The van der Waals surface area contributed by atoms with Crippen LogP contribution in [0, 0.1) is 10.1 Å². The Balaban J connectivity index is 1.66. The highest BCUT2D eigenvalue weighted by atomic mass is 16.6. The van der Waals surface area contributed by atoms with Crippen LogP contribution in [0.3, 0.4) is 0 Å². The maximum absolute atomic E-state index is 10.8. The van der Waals surface area contributed by atoms with Crippen molar-refractivity contribution in [1.82, 2.24) is 20.0 Å². The van der Waals surface area contributed by atoms with Crippen LogP contribution in [0.2, 0.25) is 0 Å². The number of nitro benzene ring substituents is 1. The molecule has 1 N–H and O–H groups in total. The van der Waals surface area contributed by atoms with E-state index in [1.54, 1.807) is 16.8 Å². The van der Waals surface area contributed by atoms with Gasteiger partial charge in [0.15, 0.2) is 5.69 Å². The van der Waals surface area contributed by atoms with Crippen LogP contribution in [0.4, 0.5) is 17.4 Å². The van der Waals surface area contributed by atoms with Crippen molar-refractivity contribution in [2.24, 2.45) is 7.05 Å². The van der Waals surface area contributed by atoms with Gasteiger partial charge in [-0.25, -0.2) is 0 Å². The van der Waals surface area contributed by atoms with Gasteiger partial charge in [-0.1, -0.05) is 29.4 Å². The van der Waals surface area contributed by atoms with Crippen LogP contribution in [-0.2, 0) is 7.05 Å². The van der Waals surface area contributed by atoms with Crippen molar-refractivity contribution in [2.75, 3.05) is 5.32 Å². The van der Waals surface area contributed by atoms with Gasteiger partial charge in [-0.3, -0.25) is 14.8 Å². The van der Waals surface area contributed by atoms with Crippen LogP contribution < -0.4 is 5.32 Å². The van der Waals surface area contributed by atoms with E-state index < -0.39 is 4.92 Å². The van der Waals surface area contributed by atoms with Crippen LogP contribution in [0.15, 0.2) is 52.9 Å². The van der Waals surface area contributed by atoms with Crippen LogP contribution in [0.1, 0.15) is 0 Å². The van der Waals surface area contributed by atoms with Crippen molar-refractivity contribution in [3.8, 4) is 11.6 Å². The van der Waals surface area contributed by atoms with E-state index in [0.29, 0.717) is 11.4 Å². The number of non-ortho nitro benzene ring substituents is 1. The molecule has 2 heterocycles. The van der Waals surface area contributed by atoms with Gasteiger partial charge in [-0.15, -0.1) is 5.10 Å². The maximum Gasteiger partial charge on any atom is 0.320 e. The average molecular weight is 336 g/mol. The Morgan fingerprint density at radius 1 is 1.16 bits per heavy atom. The zero-order valence-corrected chi connectivity index (χ0v) is 13.1. The van der Waals surface area contributed by atoms with E-state index >= 15 is 0 Å². The molecule has 0 unspecified atom stereocenters. The van der Waals surface area contributed by atoms with Gasteiger partial charge in [0.05, 0.1) is 10.4 Å². The summed E-state index contributed by atoms with van der Waals surface area (Å²) in [7, 11) is 1.84. The van der Waals surface area contributed by atoms with E-state index in [4.69, 9.17) is 4.42 Å². The summed E-state index contributed by atoms with van der Waals surface area (Å²) < 4.78 is 7.36. The number of nitrogens with zero attached hydrogens (tertiary/aromatic N) is 5. The molecule has 2 aromatic carbocycles. The Morgan fingerprint density at radius 3 is 2.84 bits per heavy atom. The molecule has 0 bridgehead atoms. The minimum absolute atomic E-state index is 0.0274. The number of fused-ring (bicyclic) bond motifs is 1. The third-order valence-corrected chi connectivity index (χ3v) is 3.69. The fourth-order valence-electron chi connectivity index (χ4n) is 2.56. The minimum Gasteiger partial charge on any atom is -0.401 e. The molecule has 4 rings (SSSR count). The monoisotopic (exact) mass is 336 g/mol. The number of aryl methyl sites for hydroxylation is 1. The van der Waals surface area contributed by atoms with Crippen molar-refractivity contribution in [2.45, 2.75) is 0 Å². The van der Waals surface area contributed by atoms with Crippen molar-refractivity contribution in [3.63, 3.8) is 0 Å². The highest BCUT2D eigenvalue weighted by Gasteiger charge is 2.17. The number of hydrogen-bond donors (Lipinski definition) is 1. The molecule has 0 saturated heterocycles. The lowest BCUT2D eigenvalue weighted by atomic mass is 10.2. The van der Waals surface area contributed by atoms with Gasteiger partial charge >= 0.3 is 6.01 Å². The molecule has 0 aliphatic heterocycles. The van der Waals surface area contributed by atoms with Gasteiger partial charge in [0.2, 0.25) is 0 Å². The predicted octanol–water partition coefficient (Wildman–Crippen LogP) is 3.28. The number of aromatic nitrogens is 4. The van der Waals surface area contributed by atoms with Crippen LogP contribution in [-0.4, -0.2) is 24.9 Å². The van der Waals surface area contributed by atoms with E-state index in [0.717, 1.165) is 10.9 Å². The molecular formula is C16H12N6O3. The molecule has 0 radical (unpaired) electrons. The zero-order chi connectivity index (χ0) is 17.4. The Labute approximate surface area is 141 Å². The summed E-state index contributed by atoms with van der Waals surface area (Å²) in [6, 6.07) is 13.9. The van der Waals surface area contributed by atoms with Gasteiger partial charge in [-0.05, 0) is 12.1 Å². The average Bonchev–Trinajstić information content (AvgIpc) is 3.20. The molecule has 0 atom stereocenters. The number of nitro groups is 1. The Morgan fingerprint density at radius 2 is 2.00 bits per heavy atom. The first kappa shape index (κ1) is 14.8. The van der Waals surface area contributed by atoms with E-state index in [2.05, 4.69) is 20.6 Å². The Bertz CT molecular complexity index is 1080. The molecule has 0 fully saturated rings. The van der Waals surface area contributed by atoms with Crippen molar-refractivity contribution in [1.29, 1.82) is 0 Å². The standard InChI is InChI=1S/C16H12N6O3/c1-21-13-8-3-2-7-12(13)14(20-21)15-18-19-16(25-15)17-10-5-4-6-11(9-10)22(23)24/h2-9H,1H3,(H,17,19). The molecule has 0 amide bonds. The lowest BCUT2D eigenvalue weighted by Gasteiger charge is -2.00. The number of para-hydroxylation sites is 1. The van der Waals surface area contributed by atoms with E-state index in [1.807, 2.05) is 31.3 Å². The summed E-state index contributed by atoms with van der Waals surface area (Å²) in [6.07, 6.45) is 0. The second-order valence-corrected chi connectivity index (χ2v) is 5.33. The lowest BCUT2D eigenvalue weighted by Crippen LogP contribution is -1.93. The topological polar surface area (TPSA) is 112 Å². The van der Waals surface area contributed by atoms with Crippen molar-refractivity contribution >= 4 is 28.3 Å². The molecule has 25 heavy (non-hydrogen) atoms. The van der Waals surface area contributed by atoms with Crippen molar-refractivity contribution < 1.29 is 9.34 Å². The molecule has 0 aliphatic rings. The molecule has 0 aliphatic carbocycles. The molecule has 124 valence electrons. The highest BCUT2D eigenvalue weighted by molar-refractivity contribution is 5.91. The Hall–Kier alpha value is -3.75. The highest BCUT2D eigenvalue weighted by Crippen LogP contribution is 2.28. The van der Waals surface area contributed by atoms with Gasteiger partial charge in [0, 0.05) is 30.3 Å². The van der Waals surface area contributed by atoms with Crippen molar-refractivity contribution in [3.05, 3.63) is 58.6 Å². The summed E-state index contributed by atoms with van der Waals surface area (Å²) in [5, 5.41) is 27.0. The zero-order valence-electron chi connectivity index (χ0n) is 13.1. The predicted molar refractivity (Wildman–Crippen MR) is 90.4 cm³/mol. The smallest absolute Gasteiger partial charge is 0.320 e. The maximum atomic E-state index is 10.8. The molecule has 9 heteroatoms. The summed E-state index contributed by atoms with van der Waals surface area (Å²) in [5.41, 5.74) is 1.98. The summed E-state index contributed by atoms with van der Waals surface area (Å²) in [5.74, 6) is 0.268. The number of nitrogens with one attached hydrogen (secondary N) is 1. The molecule has 9 nitrogen and oxygen atoms in total. The molecule has 0 spiro atoms. The van der Waals surface area contributed by atoms with Gasteiger partial charge < -0.3 is 9.73 Å². The largest absolute Gasteiger partial charge is 0.401 e. The lowest BCUT2D eigenvalue weighted by molar-refractivity contribution is -0.384. The van der Waals surface area contributed by atoms with Gasteiger partial charge in [0.25, 0.3) is 11.6 Å². The fraction of sp³-hybridized carbons (Fsp3) is 0.0625. The minimum atomic E-state index is -0.468. The quantitative estimate of drug-likeness (QED) is 0.449. The van der Waals surface area contributed by atoms with Crippen LogP contribution in [0.25, 0.3) is 22.5 Å². The second kappa shape index (κ2) is 5.71. The summed E-state index contributed by atoms with van der Waals surface area (Å²) >= 11 is 0. The van der Waals surface area contributed by atoms with Crippen LogP contribution in [0.5, 0.6) is 0 Å². The van der Waals surface area contributed by atoms with E-state index in [9.17, 15) is 10.1 Å². The molecule has 4 aromatic rings. The molecule has 0 saturated carbocycles. The molecular weight excluding hydrogens is 324 g/mol. The second-order valence-electron chi connectivity index (χ2n) is 5.33. The summed E-state index contributed by atoms with van der Waals surface area (Å²) in [4.78, 5) is 10.4. The first-order valence-electron chi connectivity index (χ1n) is 7.39. The third kappa shape index (κ3) is 2.67. The first-order chi connectivity index (χ1) is 12.1. The Kier molecular flexibility index (Phi) is 3.38. The van der Waals surface area contributed by atoms with Crippen LogP contribution >= 0.6 is 0 Å². The number of rotatable bonds is 4. The number of hydrogen-bond acceptors (Lipinski definition) is 7. The normalized spacial score (nSPS) is 10.9. The first-order valence-corrected chi connectivity index (χ1v) is 7.39. The summed E-state index contributed by atoms with van der Waals surface area (Å²) in [6.45, 7) is 0. The van der Waals surface area contributed by atoms with Gasteiger partial charge in [0.1, 0.15) is 0 Å². The fourth-order valence-corrected chi connectivity index (χ4v) is 2.56. The third-order valence-electron chi connectivity index (χ3n) is 3.69. The van der Waals surface area contributed by atoms with Gasteiger partial charge in [-0.2, -0.15) is 5.10 Å². The van der Waals surface area contributed by atoms with E-state index in [1.165, 1.54) is 12.1 Å². The SMILES string of the molecule is Cn1nc(-c2nnc(Nc3cccc([N+](=O)[O-])c3)o2)c2ccccc21. The number of anilines is 2. The van der Waals surface area contributed by atoms with E-state index in [-0.39, 0.29) is 17.6 Å². The molecule has 2 aromatic heterocycles. The number of benzene rings is 2.